The SMILES string of the molecule is CC(=N)C(CCOc1cc(F)ccc1-c1ccc2c(c1)c(CN(C)C)nn2C)=C(C)N. The van der Waals surface area contributed by atoms with E-state index in [4.69, 9.17) is 15.9 Å². The molecule has 0 atom stereocenters. The van der Waals surface area contributed by atoms with Crippen molar-refractivity contribution in [1.82, 2.24) is 14.7 Å². The third kappa shape index (κ3) is 5.11. The summed E-state index contributed by atoms with van der Waals surface area (Å²) >= 11 is 0. The summed E-state index contributed by atoms with van der Waals surface area (Å²) in [5, 5.41) is 13.6. The Labute approximate surface area is 182 Å². The number of aryl methyl sites for hydroxylation is 1. The van der Waals surface area contributed by atoms with Crippen LogP contribution in [-0.2, 0) is 13.6 Å². The molecule has 0 spiro atoms. The van der Waals surface area contributed by atoms with E-state index < -0.39 is 0 Å². The number of halogens is 1. The number of allylic oxidation sites excluding steroid dienone is 1. The first kappa shape index (κ1) is 22.5. The maximum Gasteiger partial charge on any atom is 0.130 e. The van der Waals surface area contributed by atoms with Gasteiger partial charge in [-0.15, -0.1) is 0 Å². The van der Waals surface area contributed by atoms with Crippen LogP contribution in [0, 0.1) is 11.2 Å². The van der Waals surface area contributed by atoms with Crippen molar-refractivity contribution in [2.45, 2.75) is 26.8 Å². The minimum Gasteiger partial charge on any atom is -0.492 e. The topological polar surface area (TPSA) is 80.2 Å². The average Bonchev–Trinajstić information content (AvgIpc) is 2.99. The second kappa shape index (κ2) is 9.31. The highest BCUT2D eigenvalue weighted by molar-refractivity contribution is 5.96. The van der Waals surface area contributed by atoms with E-state index in [-0.39, 0.29) is 5.82 Å². The molecule has 2 aromatic carbocycles. The highest BCUT2D eigenvalue weighted by Gasteiger charge is 2.14. The lowest BCUT2D eigenvalue weighted by atomic mass is 10.0. The van der Waals surface area contributed by atoms with Crippen LogP contribution in [0.4, 0.5) is 4.39 Å². The minimum absolute atomic E-state index is 0.303. The van der Waals surface area contributed by atoms with Crippen LogP contribution < -0.4 is 10.5 Å². The van der Waals surface area contributed by atoms with E-state index in [2.05, 4.69) is 16.1 Å². The summed E-state index contributed by atoms with van der Waals surface area (Å²) in [5.74, 6) is 0.109. The molecule has 3 aromatic rings. The average molecular weight is 424 g/mol. The van der Waals surface area contributed by atoms with E-state index in [1.54, 1.807) is 19.9 Å². The number of nitrogens with one attached hydrogen (secondary N) is 1. The molecular weight excluding hydrogens is 393 g/mol. The van der Waals surface area contributed by atoms with E-state index in [0.29, 0.717) is 30.2 Å². The Morgan fingerprint density at radius 1 is 1.19 bits per heavy atom. The van der Waals surface area contributed by atoms with Gasteiger partial charge in [-0.1, -0.05) is 6.07 Å². The van der Waals surface area contributed by atoms with E-state index in [0.717, 1.165) is 39.8 Å². The first-order chi connectivity index (χ1) is 14.7. The number of aromatic nitrogens is 2. The molecule has 0 amide bonds. The van der Waals surface area contributed by atoms with Crippen molar-refractivity contribution < 1.29 is 9.13 Å². The molecule has 1 aromatic heterocycles. The molecule has 0 aliphatic carbocycles. The smallest absolute Gasteiger partial charge is 0.130 e. The normalized spacial score (nSPS) is 12.4. The molecule has 0 fully saturated rings. The number of nitrogens with zero attached hydrogens (tertiary/aromatic N) is 3. The predicted molar refractivity (Wildman–Crippen MR) is 124 cm³/mol. The summed E-state index contributed by atoms with van der Waals surface area (Å²) in [5.41, 5.74) is 11.4. The summed E-state index contributed by atoms with van der Waals surface area (Å²) in [6, 6.07) is 10.7. The van der Waals surface area contributed by atoms with Crippen LogP contribution in [0.5, 0.6) is 5.75 Å². The van der Waals surface area contributed by atoms with Gasteiger partial charge in [0.15, 0.2) is 0 Å². The number of ether oxygens (including phenoxy) is 1. The summed E-state index contributed by atoms with van der Waals surface area (Å²) in [6.45, 7) is 4.50. The van der Waals surface area contributed by atoms with Gasteiger partial charge in [0.05, 0.1) is 17.8 Å². The van der Waals surface area contributed by atoms with Gasteiger partial charge in [0.1, 0.15) is 11.6 Å². The van der Waals surface area contributed by atoms with Crippen LogP contribution in [0.2, 0.25) is 0 Å². The fraction of sp³-hybridized carbons (Fsp3) is 0.333. The first-order valence-electron chi connectivity index (χ1n) is 10.2. The zero-order chi connectivity index (χ0) is 22.7. The number of hydrogen-bond donors (Lipinski definition) is 2. The Bertz CT molecular complexity index is 1140. The molecular formula is C24H30FN5O. The molecule has 6 nitrogen and oxygen atoms in total. The quantitative estimate of drug-likeness (QED) is 0.524. The van der Waals surface area contributed by atoms with Gasteiger partial charge >= 0.3 is 0 Å². The second-order valence-electron chi connectivity index (χ2n) is 8.07. The van der Waals surface area contributed by atoms with E-state index in [9.17, 15) is 4.39 Å². The van der Waals surface area contributed by atoms with Gasteiger partial charge in [-0.25, -0.2) is 4.39 Å². The highest BCUT2D eigenvalue weighted by atomic mass is 19.1. The monoisotopic (exact) mass is 423 g/mol. The summed E-state index contributed by atoms with van der Waals surface area (Å²) in [4.78, 5) is 2.08. The fourth-order valence-corrected chi connectivity index (χ4v) is 3.72. The first-order valence-corrected chi connectivity index (χ1v) is 10.2. The van der Waals surface area contributed by atoms with Gasteiger partial charge < -0.3 is 20.8 Å². The van der Waals surface area contributed by atoms with Gasteiger partial charge in [0, 0.05) is 48.4 Å². The van der Waals surface area contributed by atoms with Crippen molar-refractivity contribution >= 4 is 16.6 Å². The minimum atomic E-state index is -0.358. The van der Waals surface area contributed by atoms with Crippen LogP contribution in [0.1, 0.15) is 26.0 Å². The number of benzene rings is 2. The van der Waals surface area contributed by atoms with Crippen LogP contribution in [0.3, 0.4) is 0 Å². The van der Waals surface area contributed by atoms with Gasteiger partial charge in [0.25, 0.3) is 0 Å². The maximum absolute atomic E-state index is 14.0. The Kier molecular flexibility index (Phi) is 6.75. The van der Waals surface area contributed by atoms with Crippen molar-refractivity contribution in [2.75, 3.05) is 20.7 Å². The fourth-order valence-electron chi connectivity index (χ4n) is 3.72. The molecule has 0 saturated carbocycles. The Balaban J connectivity index is 1.95. The predicted octanol–water partition coefficient (Wildman–Crippen LogP) is 4.48. The lowest BCUT2D eigenvalue weighted by Crippen LogP contribution is -2.11. The van der Waals surface area contributed by atoms with E-state index in [1.807, 2.05) is 38.0 Å². The van der Waals surface area contributed by atoms with Crippen LogP contribution in [0.15, 0.2) is 47.7 Å². The summed E-state index contributed by atoms with van der Waals surface area (Å²) < 4.78 is 21.8. The molecule has 0 saturated heterocycles. The second-order valence-corrected chi connectivity index (χ2v) is 8.07. The molecule has 1 heterocycles. The Morgan fingerprint density at radius 2 is 1.94 bits per heavy atom. The number of hydrogen-bond acceptors (Lipinski definition) is 5. The molecule has 31 heavy (non-hydrogen) atoms. The zero-order valence-corrected chi connectivity index (χ0v) is 18.8. The molecule has 3 N–H and O–H groups in total. The van der Waals surface area contributed by atoms with Crippen LogP contribution >= 0.6 is 0 Å². The highest BCUT2D eigenvalue weighted by Crippen LogP contribution is 2.34. The standard InChI is InChI=1S/C24H30FN5O/c1-15(26)19(16(2)27)10-11-31-24-13-18(25)7-8-20(24)17-6-9-23-21(12-17)22(14-29(3)4)28-30(23)5/h6-9,12-13,26H,10-11,14,27H2,1-5H3. The largest absolute Gasteiger partial charge is 0.492 e. The van der Waals surface area contributed by atoms with Crippen LogP contribution in [0.25, 0.3) is 22.0 Å². The molecule has 0 radical (unpaired) electrons. The lowest BCUT2D eigenvalue weighted by molar-refractivity contribution is 0.322. The van der Waals surface area contributed by atoms with Crippen LogP contribution in [-0.4, -0.2) is 41.1 Å². The Morgan fingerprint density at radius 3 is 2.58 bits per heavy atom. The maximum atomic E-state index is 14.0. The van der Waals surface area contributed by atoms with E-state index in [1.165, 1.54) is 12.1 Å². The van der Waals surface area contributed by atoms with Crippen molar-refractivity contribution in [2.24, 2.45) is 12.8 Å². The summed E-state index contributed by atoms with van der Waals surface area (Å²) in [7, 11) is 5.96. The molecule has 0 aliphatic rings. The third-order valence-corrected chi connectivity index (χ3v) is 5.19. The van der Waals surface area contributed by atoms with Crippen molar-refractivity contribution in [1.29, 1.82) is 5.41 Å². The molecule has 0 aliphatic heterocycles. The van der Waals surface area contributed by atoms with E-state index >= 15 is 0 Å². The Hall–Kier alpha value is -3.19. The van der Waals surface area contributed by atoms with Gasteiger partial charge in [-0.3, -0.25) is 4.68 Å². The van der Waals surface area contributed by atoms with Gasteiger partial charge in [-0.2, -0.15) is 5.10 Å². The molecule has 3 rings (SSSR count). The number of fused-ring (bicyclic) bond motifs is 1. The van der Waals surface area contributed by atoms with Gasteiger partial charge in [-0.05, 0) is 63.3 Å². The van der Waals surface area contributed by atoms with Crippen molar-refractivity contribution in [3.8, 4) is 16.9 Å². The molecule has 164 valence electrons. The molecule has 0 unspecified atom stereocenters. The number of rotatable bonds is 8. The summed E-state index contributed by atoms with van der Waals surface area (Å²) in [6.07, 6.45) is 0.488. The van der Waals surface area contributed by atoms with Gasteiger partial charge in [0.2, 0.25) is 0 Å². The number of nitrogens with two attached hydrogens (primary N) is 1. The lowest BCUT2D eigenvalue weighted by Gasteiger charge is -2.14. The van der Waals surface area contributed by atoms with Crippen molar-refractivity contribution in [3.05, 3.63) is 59.2 Å². The van der Waals surface area contributed by atoms with Crippen molar-refractivity contribution in [3.63, 3.8) is 0 Å². The zero-order valence-electron chi connectivity index (χ0n) is 18.8. The molecule has 0 bridgehead atoms. The molecule has 7 heteroatoms. The third-order valence-electron chi connectivity index (χ3n) is 5.19.